The van der Waals surface area contributed by atoms with Gasteiger partial charge >= 0.3 is 5.97 Å². The predicted octanol–water partition coefficient (Wildman–Crippen LogP) is 4.28. The van der Waals surface area contributed by atoms with E-state index in [1.807, 2.05) is 13.8 Å². The van der Waals surface area contributed by atoms with Gasteiger partial charge in [0.1, 0.15) is 11.6 Å². The maximum absolute atomic E-state index is 11.9. The van der Waals surface area contributed by atoms with Crippen molar-refractivity contribution in [2.75, 3.05) is 5.32 Å². The van der Waals surface area contributed by atoms with E-state index in [2.05, 4.69) is 5.32 Å². The number of rotatable bonds is 4. The Morgan fingerprint density at radius 2 is 2.05 bits per heavy atom. The fourth-order valence-electron chi connectivity index (χ4n) is 2.37. The number of cyclic esters (lactones) is 1. The van der Waals surface area contributed by atoms with E-state index in [0.717, 1.165) is 12.8 Å². The lowest BCUT2D eigenvalue weighted by molar-refractivity contribution is -0.149. The molecule has 0 aromatic heterocycles. The lowest BCUT2D eigenvalue weighted by Crippen LogP contribution is -2.27. The van der Waals surface area contributed by atoms with Crippen LogP contribution >= 0.6 is 23.2 Å². The van der Waals surface area contributed by atoms with Gasteiger partial charge in [0.15, 0.2) is 0 Å². The van der Waals surface area contributed by atoms with E-state index >= 15 is 0 Å². The van der Waals surface area contributed by atoms with Gasteiger partial charge in [-0.15, -0.1) is 0 Å². The lowest BCUT2D eigenvalue weighted by atomic mass is 9.92. The Morgan fingerprint density at radius 1 is 1.37 bits per heavy atom. The summed E-state index contributed by atoms with van der Waals surface area (Å²) in [5, 5.41) is 4.22. The third-order valence-electron chi connectivity index (χ3n) is 3.73. The Labute approximate surface area is 123 Å². The number of hydrogen-bond acceptors (Lipinski definition) is 3. The zero-order valence-electron chi connectivity index (χ0n) is 11.0. The van der Waals surface area contributed by atoms with Crippen LogP contribution in [0.25, 0.3) is 0 Å². The van der Waals surface area contributed by atoms with Crippen molar-refractivity contribution in [3.05, 3.63) is 28.2 Å². The van der Waals surface area contributed by atoms with Crippen molar-refractivity contribution in [1.82, 2.24) is 0 Å². The van der Waals surface area contributed by atoms with Gasteiger partial charge in [-0.3, -0.25) is 0 Å². The first-order valence-corrected chi connectivity index (χ1v) is 7.19. The standard InChI is InChI=1S/C14H17Cl2NO2/c1-3-14(4-2)8-12(13(18)19-14)17-11-6-5-9(15)7-10(11)16/h5-7,12,17H,3-4,8H2,1-2H3. The molecule has 0 bridgehead atoms. The fraction of sp³-hybridized carbons (Fsp3) is 0.500. The maximum Gasteiger partial charge on any atom is 0.329 e. The molecule has 1 atom stereocenters. The zero-order chi connectivity index (χ0) is 14.0. The molecule has 5 heteroatoms. The molecule has 0 amide bonds. The molecule has 0 radical (unpaired) electrons. The second-order valence-corrected chi connectivity index (χ2v) is 5.68. The van der Waals surface area contributed by atoms with Gasteiger partial charge < -0.3 is 10.1 Å². The molecule has 1 heterocycles. The van der Waals surface area contributed by atoms with Crippen LogP contribution in [0.1, 0.15) is 33.1 Å². The molecule has 1 unspecified atom stereocenters. The van der Waals surface area contributed by atoms with E-state index in [0.29, 0.717) is 22.2 Å². The van der Waals surface area contributed by atoms with E-state index in [1.54, 1.807) is 18.2 Å². The Bertz CT molecular complexity index is 486. The smallest absolute Gasteiger partial charge is 0.329 e. The number of hydrogen-bond donors (Lipinski definition) is 1. The summed E-state index contributed by atoms with van der Waals surface area (Å²) in [4.78, 5) is 11.9. The van der Waals surface area contributed by atoms with Crippen molar-refractivity contribution < 1.29 is 9.53 Å². The van der Waals surface area contributed by atoms with E-state index in [4.69, 9.17) is 27.9 Å². The first-order chi connectivity index (χ1) is 8.99. The summed E-state index contributed by atoms with van der Waals surface area (Å²) in [6, 6.07) is 4.82. The Morgan fingerprint density at radius 3 is 2.58 bits per heavy atom. The highest BCUT2D eigenvalue weighted by molar-refractivity contribution is 6.36. The maximum atomic E-state index is 11.9. The highest BCUT2D eigenvalue weighted by Crippen LogP contribution is 2.35. The largest absolute Gasteiger partial charge is 0.457 e. The van der Waals surface area contributed by atoms with Crippen molar-refractivity contribution in [3.8, 4) is 0 Å². The Hall–Kier alpha value is -0.930. The third-order valence-corrected chi connectivity index (χ3v) is 4.28. The van der Waals surface area contributed by atoms with Crippen LogP contribution in [0.5, 0.6) is 0 Å². The van der Waals surface area contributed by atoms with Gasteiger partial charge in [0.25, 0.3) is 0 Å². The summed E-state index contributed by atoms with van der Waals surface area (Å²) in [5.74, 6) is -0.213. The van der Waals surface area contributed by atoms with Crippen LogP contribution in [-0.2, 0) is 9.53 Å². The molecule has 104 valence electrons. The second kappa shape index (κ2) is 5.59. The van der Waals surface area contributed by atoms with Gasteiger partial charge in [-0.05, 0) is 31.0 Å². The molecule has 1 aromatic carbocycles. The fourth-order valence-corrected chi connectivity index (χ4v) is 2.83. The summed E-state index contributed by atoms with van der Waals surface area (Å²) in [5.41, 5.74) is 0.365. The number of esters is 1. The number of carbonyl (C=O) groups is 1. The summed E-state index contributed by atoms with van der Waals surface area (Å²) in [7, 11) is 0. The first kappa shape index (κ1) is 14.5. The van der Waals surface area contributed by atoms with Crippen molar-refractivity contribution in [3.63, 3.8) is 0 Å². The molecule has 1 saturated heterocycles. The summed E-state index contributed by atoms with van der Waals surface area (Å²) < 4.78 is 5.53. The number of carbonyl (C=O) groups excluding carboxylic acids is 1. The third kappa shape index (κ3) is 2.98. The molecule has 1 aliphatic heterocycles. The monoisotopic (exact) mass is 301 g/mol. The molecular formula is C14H17Cl2NO2. The average molecular weight is 302 g/mol. The lowest BCUT2D eigenvalue weighted by Gasteiger charge is -2.24. The van der Waals surface area contributed by atoms with Crippen LogP contribution in [0.15, 0.2) is 18.2 Å². The molecule has 2 rings (SSSR count). The van der Waals surface area contributed by atoms with Crippen LogP contribution in [-0.4, -0.2) is 17.6 Å². The van der Waals surface area contributed by atoms with Crippen LogP contribution in [0.4, 0.5) is 5.69 Å². The molecule has 0 spiro atoms. The van der Waals surface area contributed by atoms with E-state index in [1.165, 1.54) is 0 Å². The molecular weight excluding hydrogens is 285 g/mol. The molecule has 19 heavy (non-hydrogen) atoms. The van der Waals surface area contributed by atoms with Gasteiger partial charge in [-0.1, -0.05) is 37.0 Å². The number of nitrogens with one attached hydrogen (secondary N) is 1. The van der Waals surface area contributed by atoms with E-state index in [-0.39, 0.29) is 17.6 Å². The highest BCUT2D eigenvalue weighted by atomic mass is 35.5. The Kier molecular flexibility index (Phi) is 4.26. The van der Waals surface area contributed by atoms with Crippen molar-refractivity contribution in [1.29, 1.82) is 0 Å². The Balaban J connectivity index is 2.14. The predicted molar refractivity (Wildman–Crippen MR) is 77.9 cm³/mol. The average Bonchev–Trinajstić information content (AvgIpc) is 2.70. The summed E-state index contributed by atoms with van der Waals surface area (Å²) >= 11 is 11.9. The molecule has 1 N–H and O–H groups in total. The minimum absolute atomic E-state index is 0.213. The van der Waals surface area contributed by atoms with E-state index < -0.39 is 0 Å². The molecule has 0 saturated carbocycles. The van der Waals surface area contributed by atoms with Crippen molar-refractivity contribution >= 4 is 34.9 Å². The van der Waals surface area contributed by atoms with Crippen molar-refractivity contribution in [2.45, 2.75) is 44.8 Å². The van der Waals surface area contributed by atoms with Gasteiger partial charge in [0, 0.05) is 11.4 Å². The number of halogens is 2. The van der Waals surface area contributed by atoms with Gasteiger partial charge in [-0.2, -0.15) is 0 Å². The topological polar surface area (TPSA) is 38.3 Å². The molecule has 1 aromatic rings. The summed E-state index contributed by atoms with van der Waals surface area (Å²) in [6.07, 6.45) is 2.31. The van der Waals surface area contributed by atoms with E-state index in [9.17, 15) is 4.79 Å². The number of anilines is 1. The molecule has 3 nitrogen and oxygen atoms in total. The van der Waals surface area contributed by atoms with Gasteiger partial charge in [-0.25, -0.2) is 4.79 Å². The second-order valence-electron chi connectivity index (χ2n) is 4.84. The zero-order valence-corrected chi connectivity index (χ0v) is 12.5. The van der Waals surface area contributed by atoms with Crippen LogP contribution < -0.4 is 5.32 Å². The summed E-state index contributed by atoms with van der Waals surface area (Å²) in [6.45, 7) is 4.07. The highest BCUT2D eigenvalue weighted by Gasteiger charge is 2.44. The van der Waals surface area contributed by atoms with Crippen LogP contribution in [0.3, 0.4) is 0 Å². The normalized spacial score (nSPS) is 21.3. The minimum Gasteiger partial charge on any atom is -0.457 e. The van der Waals surface area contributed by atoms with Gasteiger partial charge in [0.05, 0.1) is 10.7 Å². The van der Waals surface area contributed by atoms with Crippen molar-refractivity contribution in [2.24, 2.45) is 0 Å². The number of benzene rings is 1. The molecule has 1 aliphatic rings. The first-order valence-electron chi connectivity index (χ1n) is 6.44. The molecule has 0 aliphatic carbocycles. The molecule has 1 fully saturated rings. The minimum atomic E-state index is -0.349. The van der Waals surface area contributed by atoms with Crippen LogP contribution in [0, 0.1) is 0 Å². The quantitative estimate of drug-likeness (QED) is 0.844. The van der Waals surface area contributed by atoms with Crippen LogP contribution in [0.2, 0.25) is 10.0 Å². The number of ether oxygens (including phenoxy) is 1. The van der Waals surface area contributed by atoms with Gasteiger partial charge in [0.2, 0.25) is 0 Å². The SMILES string of the molecule is CCC1(CC)CC(Nc2ccc(Cl)cc2Cl)C(=O)O1.